The second kappa shape index (κ2) is 9.60. The molecule has 0 aliphatic carbocycles. The van der Waals surface area contributed by atoms with E-state index in [0.717, 1.165) is 56.5 Å². The van der Waals surface area contributed by atoms with Gasteiger partial charge in [-0.2, -0.15) is 0 Å². The van der Waals surface area contributed by atoms with Gasteiger partial charge in [-0.25, -0.2) is 0 Å². The number of ether oxygens (including phenoxy) is 2. The molecule has 3 heterocycles. The number of hydrogen-bond acceptors (Lipinski definition) is 5. The van der Waals surface area contributed by atoms with Crippen molar-refractivity contribution in [2.24, 2.45) is 4.99 Å². The number of aliphatic imine (C=N–C) groups is 1. The average Bonchev–Trinajstić information content (AvgIpc) is 3.28. The Morgan fingerprint density at radius 1 is 1.06 bits per heavy atom. The van der Waals surface area contributed by atoms with E-state index in [2.05, 4.69) is 32.7 Å². The summed E-state index contributed by atoms with van der Waals surface area (Å²) in [5.41, 5.74) is 3.78. The maximum atomic E-state index is 12.7. The lowest BCUT2D eigenvalue weighted by atomic mass is 9.99. The molecule has 1 amide bonds. The van der Waals surface area contributed by atoms with Crippen LogP contribution in [-0.4, -0.2) is 62.6 Å². The van der Waals surface area contributed by atoms with Gasteiger partial charge in [-0.15, -0.1) is 11.3 Å². The highest BCUT2D eigenvalue weighted by Gasteiger charge is 2.23. The third kappa shape index (κ3) is 4.63. The summed E-state index contributed by atoms with van der Waals surface area (Å²) in [6, 6.07) is 6.25. The van der Waals surface area contributed by atoms with Crippen LogP contribution in [0.25, 0.3) is 0 Å². The van der Waals surface area contributed by atoms with E-state index in [1.165, 1.54) is 21.6 Å². The smallest absolute Gasteiger partial charge is 0.224 e. The Morgan fingerprint density at radius 2 is 1.77 bits per heavy atom. The normalized spacial score (nSPS) is 15.9. The van der Waals surface area contributed by atoms with Gasteiger partial charge in [-0.3, -0.25) is 9.79 Å². The molecule has 0 unspecified atom stereocenters. The summed E-state index contributed by atoms with van der Waals surface area (Å²) in [6.45, 7) is 3.74. The van der Waals surface area contributed by atoms with Gasteiger partial charge in [0.1, 0.15) is 0 Å². The first-order valence-electron chi connectivity index (χ1n) is 10.6. The highest BCUT2D eigenvalue weighted by molar-refractivity contribution is 7.10. The van der Waals surface area contributed by atoms with Gasteiger partial charge in [0.2, 0.25) is 5.91 Å². The van der Waals surface area contributed by atoms with Gasteiger partial charge in [-0.05, 0) is 53.1 Å². The molecule has 4 rings (SSSR count). The zero-order valence-corrected chi connectivity index (χ0v) is 19.3. The second-order valence-corrected chi connectivity index (χ2v) is 8.81. The van der Waals surface area contributed by atoms with Gasteiger partial charge in [0.05, 0.1) is 14.2 Å². The van der Waals surface area contributed by atoms with E-state index in [0.29, 0.717) is 13.0 Å². The number of carbonyl (C=O) groups excluding carboxylic acids is 1. The Hall–Kier alpha value is -2.74. The number of hydrogen-bond donors (Lipinski definition) is 1. The Morgan fingerprint density at radius 3 is 2.52 bits per heavy atom. The van der Waals surface area contributed by atoms with E-state index in [-0.39, 0.29) is 5.91 Å². The quantitative estimate of drug-likeness (QED) is 0.570. The first-order chi connectivity index (χ1) is 15.1. The van der Waals surface area contributed by atoms with Crippen molar-refractivity contribution < 1.29 is 14.3 Å². The lowest BCUT2D eigenvalue weighted by Crippen LogP contribution is -2.45. The molecule has 0 spiro atoms. The standard InChI is InChI=1S/C23H30N4O3S/c1-24-23(25-8-4-22(28)26-10-6-21-17(14-26)7-11-31-21)27-9-5-16-12-19(29-2)20(30-3)13-18(16)15-27/h7,11-13H,4-6,8-10,14-15H2,1-3H3,(H,24,25). The number of nitrogens with zero attached hydrogens (tertiary/aromatic N) is 3. The van der Waals surface area contributed by atoms with Crippen LogP contribution in [0.2, 0.25) is 0 Å². The predicted octanol–water partition coefficient (Wildman–Crippen LogP) is 2.67. The molecule has 0 saturated carbocycles. The number of nitrogens with one attached hydrogen (secondary N) is 1. The number of fused-ring (bicyclic) bond motifs is 2. The fourth-order valence-corrected chi connectivity index (χ4v) is 5.19. The van der Waals surface area contributed by atoms with E-state index in [1.54, 1.807) is 32.6 Å². The van der Waals surface area contributed by atoms with Crippen LogP contribution >= 0.6 is 11.3 Å². The Labute approximate surface area is 187 Å². The van der Waals surface area contributed by atoms with Crippen molar-refractivity contribution >= 4 is 23.2 Å². The van der Waals surface area contributed by atoms with Crippen molar-refractivity contribution in [2.75, 3.05) is 40.9 Å². The van der Waals surface area contributed by atoms with E-state index in [1.807, 2.05) is 11.0 Å². The van der Waals surface area contributed by atoms with Crippen molar-refractivity contribution in [3.05, 3.63) is 45.1 Å². The number of amides is 1. The summed E-state index contributed by atoms with van der Waals surface area (Å²) >= 11 is 1.79. The largest absolute Gasteiger partial charge is 0.493 e. The average molecular weight is 443 g/mol. The molecule has 2 aliphatic rings. The lowest BCUT2D eigenvalue weighted by molar-refractivity contribution is -0.131. The molecule has 2 aliphatic heterocycles. The van der Waals surface area contributed by atoms with Crippen LogP contribution in [0.15, 0.2) is 28.6 Å². The first-order valence-corrected chi connectivity index (χ1v) is 11.5. The minimum absolute atomic E-state index is 0.195. The van der Waals surface area contributed by atoms with Gasteiger partial charge >= 0.3 is 0 Å². The van der Waals surface area contributed by atoms with Gasteiger partial charge in [0.25, 0.3) is 0 Å². The molecule has 7 nitrogen and oxygen atoms in total. The van der Waals surface area contributed by atoms with Crippen LogP contribution in [0.5, 0.6) is 11.5 Å². The Kier molecular flexibility index (Phi) is 6.65. The molecule has 1 aromatic heterocycles. The third-order valence-corrected chi connectivity index (χ3v) is 7.03. The van der Waals surface area contributed by atoms with Crippen molar-refractivity contribution in [3.63, 3.8) is 0 Å². The molecule has 166 valence electrons. The van der Waals surface area contributed by atoms with Crippen LogP contribution in [0, 0.1) is 0 Å². The molecule has 2 aromatic rings. The zero-order valence-electron chi connectivity index (χ0n) is 18.4. The van der Waals surface area contributed by atoms with Crippen LogP contribution in [-0.2, 0) is 30.7 Å². The number of guanidine groups is 1. The Balaban J connectivity index is 1.31. The number of thiophene rings is 1. The summed E-state index contributed by atoms with van der Waals surface area (Å²) in [4.78, 5) is 22.7. The molecule has 8 heteroatoms. The Bertz CT molecular complexity index is 972. The molecule has 0 bridgehead atoms. The number of carbonyl (C=O) groups is 1. The van der Waals surface area contributed by atoms with Gasteiger partial charge in [0.15, 0.2) is 17.5 Å². The van der Waals surface area contributed by atoms with Crippen molar-refractivity contribution in [2.45, 2.75) is 32.4 Å². The molecular weight excluding hydrogens is 412 g/mol. The summed E-state index contributed by atoms with van der Waals surface area (Å²) in [5.74, 6) is 2.53. The minimum Gasteiger partial charge on any atom is -0.493 e. The van der Waals surface area contributed by atoms with Gasteiger partial charge in [-0.1, -0.05) is 0 Å². The van der Waals surface area contributed by atoms with Crippen LogP contribution in [0.3, 0.4) is 0 Å². The van der Waals surface area contributed by atoms with Crippen molar-refractivity contribution in [1.82, 2.24) is 15.1 Å². The number of benzene rings is 1. The van der Waals surface area contributed by atoms with Gasteiger partial charge in [0, 0.05) is 51.1 Å². The second-order valence-electron chi connectivity index (χ2n) is 7.81. The fraction of sp³-hybridized carbons (Fsp3) is 0.478. The highest BCUT2D eigenvalue weighted by Crippen LogP contribution is 2.33. The predicted molar refractivity (Wildman–Crippen MR) is 123 cm³/mol. The van der Waals surface area contributed by atoms with Crippen LogP contribution in [0.1, 0.15) is 28.0 Å². The van der Waals surface area contributed by atoms with E-state index in [9.17, 15) is 4.79 Å². The highest BCUT2D eigenvalue weighted by atomic mass is 32.1. The SMILES string of the molecule is CN=C(NCCC(=O)N1CCc2sccc2C1)N1CCc2cc(OC)c(OC)cc2C1. The molecule has 31 heavy (non-hydrogen) atoms. The molecule has 0 fully saturated rings. The molecule has 0 radical (unpaired) electrons. The molecular formula is C23H30N4O3S. The van der Waals surface area contributed by atoms with Crippen LogP contribution in [0.4, 0.5) is 0 Å². The molecule has 1 aromatic carbocycles. The molecule has 0 saturated heterocycles. The minimum atomic E-state index is 0.195. The van der Waals surface area contributed by atoms with Crippen LogP contribution < -0.4 is 14.8 Å². The third-order valence-electron chi connectivity index (χ3n) is 6.01. The summed E-state index contributed by atoms with van der Waals surface area (Å²) in [7, 11) is 5.11. The van der Waals surface area contributed by atoms with E-state index in [4.69, 9.17) is 9.47 Å². The fourth-order valence-electron chi connectivity index (χ4n) is 4.30. The molecule has 0 atom stereocenters. The number of methoxy groups -OCH3 is 2. The monoisotopic (exact) mass is 442 g/mol. The summed E-state index contributed by atoms with van der Waals surface area (Å²) in [6.07, 6.45) is 2.34. The van der Waals surface area contributed by atoms with Crippen molar-refractivity contribution in [1.29, 1.82) is 0 Å². The van der Waals surface area contributed by atoms with Gasteiger partial charge < -0.3 is 24.6 Å². The van der Waals surface area contributed by atoms with Crippen molar-refractivity contribution in [3.8, 4) is 11.5 Å². The van der Waals surface area contributed by atoms with E-state index >= 15 is 0 Å². The summed E-state index contributed by atoms with van der Waals surface area (Å²) < 4.78 is 10.9. The maximum absolute atomic E-state index is 12.7. The maximum Gasteiger partial charge on any atom is 0.224 e. The topological polar surface area (TPSA) is 66.4 Å². The first kappa shape index (κ1) is 21.5. The van der Waals surface area contributed by atoms with E-state index < -0.39 is 0 Å². The number of rotatable bonds is 5. The lowest BCUT2D eigenvalue weighted by Gasteiger charge is -2.32. The zero-order chi connectivity index (χ0) is 21.8. The summed E-state index contributed by atoms with van der Waals surface area (Å²) in [5, 5.41) is 5.50. The molecule has 1 N–H and O–H groups in total.